The van der Waals surface area contributed by atoms with Gasteiger partial charge in [-0.2, -0.15) is 0 Å². The quantitative estimate of drug-likeness (QED) is 0.878. The van der Waals surface area contributed by atoms with E-state index in [1.165, 1.54) is 0 Å². The number of amides is 1. The number of alkyl carbamates (subject to hydrolysis) is 1. The van der Waals surface area contributed by atoms with Crippen LogP contribution in [-0.2, 0) is 16.8 Å². The van der Waals surface area contributed by atoms with Gasteiger partial charge in [-0.1, -0.05) is 22.0 Å². The Morgan fingerprint density at radius 1 is 1.50 bits per heavy atom. The van der Waals surface area contributed by atoms with E-state index >= 15 is 0 Å². The van der Waals surface area contributed by atoms with E-state index in [2.05, 4.69) is 21.2 Å². The fourth-order valence-electron chi connectivity index (χ4n) is 2.38. The van der Waals surface area contributed by atoms with Crippen LogP contribution in [0.25, 0.3) is 0 Å². The zero-order chi connectivity index (χ0) is 15.0. The van der Waals surface area contributed by atoms with Crippen LogP contribution in [0, 0.1) is 0 Å². The minimum absolute atomic E-state index is 0.0590. The first kappa shape index (κ1) is 15.3. The summed E-state index contributed by atoms with van der Waals surface area (Å²) >= 11 is 3.39. The van der Waals surface area contributed by atoms with Crippen LogP contribution in [-0.4, -0.2) is 18.2 Å². The molecule has 110 valence electrons. The number of nitrogens with one attached hydrogen (secondary N) is 1. The van der Waals surface area contributed by atoms with E-state index in [1.54, 1.807) is 26.8 Å². The standard InChI is InChI=1S/C15H19BrFNO2/c1-14(2,3)20-13(19)18-9-15(17)7-6-10-8-11(16)4-5-12(10)15/h4-5,8H,6-7,9H2,1-3H3,(H,18,19). The predicted molar refractivity (Wildman–Crippen MR) is 79.5 cm³/mol. The first-order chi connectivity index (χ1) is 9.20. The lowest BCUT2D eigenvalue weighted by atomic mass is 9.98. The van der Waals surface area contributed by atoms with Gasteiger partial charge >= 0.3 is 6.09 Å². The van der Waals surface area contributed by atoms with Crippen molar-refractivity contribution in [2.75, 3.05) is 6.54 Å². The molecule has 1 unspecified atom stereocenters. The van der Waals surface area contributed by atoms with Crippen molar-refractivity contribution in [2.45, 2.75) is 44.9 Å². The Balaban J connectivity index is 2.03. The predicted octanol–water partition coefficient (Wildman–Crippen LogP) is 4.08. The number of ether oxygens (including phenoxy) is 1. The van der Waals surface area contributed by atoms with Gasteiger partial charge in [-0.3, -0.25) is 0 Å². The summed E-state index contributed by atoms with van der Waals surface area (Å²) in [7, 11) is 0. The van der Waals surface area contributed by atoms with Crippen molar-refractivity contribution < 1.29 is 13.9 Å². The van der Waals surface area contributed by atoms with Gasteiger partial charge in [-0.15, -0.1) is 0 Å². The highest BCUT2D eigenvalue weighted by molar-refractivity contribution is 9.10. The van der Waals surface area contributed by atoms with Crippen molar-refractivity contribution in [3.05, 3.63) is 33.8 Å². The third-order valence-corrected chi connectivity index (χ3v) is 3.75. The molecule has 0 radical (unpaired) electrons. The summed E-state index contributed by atoms with van der Waals surface area (Å²) in [6.07, 6.45) is 0.482. The van der Waals surface area contributed by atoms with E-state index in [-0.39, 0.29) is 6.54 Å². The van der Waals surface area contributed by atoms with Crippen LogP contribution in [0.3, 0.4) is 0 Å². The van der Waals surface area contributed by atoms with Crippen LogP contribution in [0.5, 0.6) is 0 Å². The molecule has 0 saturated carbocycles. The lowest BCUT2D eigenvalue weighted by Crippen LogP contribution is -2.39. The van der Waals surface area contributed by atoms with Crippen LogP contribution in [0.4, 0.5) is 9.18 Å². The molecule has 0 bridgehead atoms. The molecule has 2 rings (SSSR count). The highest BCUT2D eigenvalue weighted by Crippen LogP contribution is 2.40. The molecule has 1 aromatic carbocycles. The van der Waals surface area contributed by atoms with Gasteiger partial charge in [0, 0.05) is 4.47 Å². The minimum Gasteiger partial charge on any atom is -0.444 e. The number of aryl methyl sites for hydroxylation is 1. The summed E-state index contributed by atoms with van der Waals surface area (Å²) in [6.45, 7) is 5.27. The molecule has 1 atom stereocenters. The monoisotopic (exact) mass is 343 g/mol. The number of alkyl halides is 1. The molecule has 1 aliphatic carbocycles. The highest BCUT2D eigenvalue weighted by Gasteiger charge is 2.39. The van der Waals surface area contributed by atoms with Gasteiger partial charge in [0.15, 0.2) is 5.67 Å². The summed E-state index contributed by atoms with van der Waals surface area (Å²) in [5.41, 5.74) is -0.427. The highest BCUT2D eigenvalue weighted by atomic mass is 79.9. The van der Waals surface area contributed by atoms with Crippen molar-refractivity contribution in [1.82, 2.24) is 5.32 Å². The number of hydrogen-bond acceptors (Lipinski definition) is 2. The third-order valence-electron chi connectivity index (χ3n) is 3.25. The zero-order valence-electron chi connectivity index (χ0n) is 11.9. The summed E-state index contributed by atoms with van der Waals surface area (Å²) in [6, 6.07) is 5.54. The fraction of sp³-hybridized carbons (Fsp3) is 0.533. The van der Waals surface area contributed by atoms with E-state index in [0.717, 1.165) is 10.0 Å². The topological polar surface area (TPSA) is 38.3 Å². The molecule has 1 N–H and O–H groups in total. The molecular formula is C15H19BrFNO2. The Morgan fingerprint density at radius 3 is 2.85 bits per heavy atom. The van der Waals surface area contributed by atoms with Crippen molar-refractivity contribution >= 4 is 22.0 Å². The molecule has 5 heteroatoms. The van der Waals surface area contributed by atoms with Gasteiger partial charge in [-0.05, 0) is 56.9 Å². The molecule has 1 amide bonds. The van der Waals surface area contributed by atoms with Crippen molar-refractivity contribution in [1.29, 1.82) is 0 Å². The second kappa shape index (κ2) is 5.35. The molecule has 0 heterocycles. The van der Waals surface area contributed by atoms with Crippen molar-refractivity contribution in [2.24, 2.45) is 0 Å². The first-order valence-corrected chi connectivity index (χ1v) is 7.44. The smallest absolute Gasteiger partial charge is 0.407 e. The van der Waals surface area contributed by atoms with E-state index in [9.17, 15) is 9.18 Å². The van der Waals surface area contributed by atoms with E-state index in [0.29, 0.717) is 18.4 Å². The number of halogens is 2. The van der Waals surface area contributed by atoms with Gasteiger partial charge < -0.3 is 10.1 Å². The number of carbonyl (C=O) groups excluding carboxylic acids is 1. The van der Waals surface area contributed by atoms with Gasteiger partial charge in [0.05, 0.1) is 6.54 Å². The summed E-state index contributed by atoms with van der Waals surface area (Å²) in [4.78, 5) is 11.6. The van der Waals surface area contributed by atoms with Gasteiger partial charge in [0.2, 0.25) is 0 Å². The number of rotatable bonds is 2. The fourth-order valence-corrected chi connectivity index (χ4v) is 2.79. The Kier molecular flexibility index (Phi) is 4.09. The first-order valence-electron chi connectivity index (χ1n) is 6.64. The molecule has 1 aromatic rings. The molecule has 0 aromatic heterocycles. The average Bonchev–Trinajstić information content (AvgIpc) is 2.63. The Bertz CT molecular complexity index is 527. The van der Waals surface area contributed by atoms with Crippen molar-refractivity contribution in [3.63, 3.8) is 0 Å². The maximum absolute atomic E-state index is 14.9. The van der Waals surface area contributed by atoms with Crippen LogP contribution in [0.1, 0.15) is 38.3 Å². The van der Waals surface area contributed by atoms with Gasteiger partial charge in [0.25, 0.3) is 0 Å². The summed E-state index contributed by atoms with van der Waals surface area (Å²) in [5.74, 6) is 0. The second-order valence-electron chi connectivity index (χ2n) is 6.12. The molecule has 3 nitrogen and oxygen atoms in total. The van der Waals surface area contributed by atoms with E-state index in [1.807, 2.05) is 12.1 Å². The van der Waals surface area contributed by atoms with Crippen LogP contribution in [0.15, 0.2) is 22.7 Å². The Labute approximate surface area is 127 Å². The Morgan fingerprint density at radius 2 is 2.20 bits per heavy atom. The maximum Gasteiger partial charge on any atom is 0.407 e. The van der Waals surface area contributed by atoms with E-state index < -0.39 is 17.4 Å². The number of benzene rings is 1. The third kappa shape index (κ3) is 3.51. The number of hydrogen-bond donors (Lipinski definition) is 1. The average molecular weight is 344 g/mol. The molecular weight excluding hydrogens is 325 g/mol. The zero-order valence-corrected chi connectivity index (χ0v) is 13.5. The molecule has 0 saturated heterocycles. The molecule has 0 spiro atoms. The SMILES string of the molecule is CC(C)(C)OC(=O)NCC1(F)CCc2cc(Br)ccc21. The minimum atomic E-state index is -1.51. The molecule has 20 heavy (non-hydrogen) atoms. The van der Waals surface area contributed by atoms with Crippen LogP contribution in [0.2, 0.25) is 0 Å². The van der Waals surface area contributed by atoms with Gasteiger partial charge in [-0.25, -0.2) is 9.18 Å². The molecule has 0 aliphatic heterocycles. The lowest BCUT2D eigenvalue weighted by Gasteiger charge is -2.24. The normalized spacial score (nSPS) is 21.4. The summed E-state index contributed by atoms with van der Waals surface area (Å²) in [5, 5.41) is 2.53. The van der Waals surface area contributed by atoms with E-state index in [4.69, 9.17) is 4.74 Å². The summed E-state index contributed by atoms with van der Waals surface area (Å²) < 4.78 is 21.0. The Hall–Kier alpha value is -1.10. The van der Waals surface area contributed by atoms with Crippen molar-refractivity contribution in [3.8, 4) is 0 Å². The van der Waals surface area contributed by atoms with Gasteiger partial charge in [0.1, 0.15) is 5.60 Å². The number of fused-ring (bicyclic) bond motifs is 1. The largest absolute Gasteiger partial charge is 0.444 e. The van der Waals surface area contributed by atoms with Crippen LogP contribution < -0.4 is 5.32 Å². The molecule has 1 aliphatic rings. The number of carbonyl (C=O) groups is 1. The van der Waals surface area contributed by atoms with Crippen LogP contribution >= 0.6 is 15.9 Å². The maximum atomic E-state index is 14.9. The lowest BCUT2D eigenvalue weighted by molar-refractivity contribution is 0.0474. The molecule has 0 fully saturated rings. The second-order valence-corrected chi connectivity index (χ2v) is 7.04.